The zero-order valence-electron chi connectivity index (χ0n) is 5.89. The van der Waals surface area contributed by atoms with Gasteiger partial charge in [0.15, 0.2) is 6.67 Å². The van der Waals surface area contributed by atoms with Crippen molar-refractivity contribution < 1.29 is 0 Å². The molecule has 0 aliphatic carbocycles. The maximum atomic E-state index is 2.93. The van der Waals surface area contributed by atoms with Crippen LogP contribution in [-0.2, 0) is 0 Å². The van der Waals surface area contributed by atoms with Crippen molar-refractivity contribution in [2.24, 2.45) is 0 Å². The molecule has 0 amide bonds. The number of nitrogens with one attached hydrogen (secondary N) is 2. The molecule has 0 bridgehead atoms. The lowest BCUT2D eigenvalue weighted by atomic mass is 10.3. The van der Waals surface area contributed by atoms with Gasteiger partial charge in [-0.05, 0) is 19.2 Å². The summed E-state index contributed by atoms with van der Waals surface area (Å²) in [6.45, 7) is 2.76. The second kappa shape index (κ2) is 3.90. The number of benzene rings is 1. The summed E-state index contributed by atoms with van der Waals surface area (Å²) in [5.41, 5.74) is 1.04. The molecule has 2 N–H and O–H groups in total. The first-order valence-electron chi connectivity index (χ1n) is 3.16. The van der Waals surface area contributed by atoms with Crippen molar-refractivity contribution in [1.82, 2.24) is 5.32 Å². The van der Waals surface area contributed by atoms with E-state index in [9.17, 15) is 0 Å². The summed E-state index contributed by atoms with van der Waals surface area (Å²) in [5, 5.41) is 5.69. The Morgan fingerprint density at radius 1 is 1.20 bits per heavy atom. The Balaban J connectivity index is 2.43. The van der Waals surface area contributed by atoms with Gasteiger partial charge in [-0.25, -0.2) is 0 Å². The van der Waals surface area contributed by atoms with Gasteiger partial charge in [0.05, 0.1) is 0 Å². The summed E-state index contributed by atoms with van der Waals surface area (Å²) < 4.78 is 0. The normalized spacial score (nSPS) is 9.30. The van der Waals surface area contributed by atoms with Gasteiger partial charge >= 0.3 is 0 Å². The van der Waals surface area contributed by atoms with Crippen LogP contribution >= 0.6 is 0 Å². The lowest BCUT2D eigenvalue weighted by Crippen LogP contribution is -2.08. The van der Waals surface area contributed by atoms with E-state index < -0.39 is 0 Å². The summed E-state index contributed by atoms with van der Waals surface area (Å²) >= 11 is 0. The van der Waals surface area contributed by atoms with Crippen LogP contribution in [0.2, 0.25) is 0 Å². The van der Waals surface area contributed by atoms with Gasteiger partial charge in [-0.3, -0.25) is 5.32 Å². The van der Waals surface area contributed by atoms with Crippen molar-refractivity contribution in [3.05, 3.63) is 37.0 Å². The van der Waals surface area contributed by atoms with E-state index >= 15 is 0 Å². The molecule has 0 aliphatic rings. The molecular weight excluding hydrogens is 124 g/mol. The van der Waals surface area contributed by atoms with Gasteiger partial charge in [-0.1, -0.05) is 18.2 Å². The lowest BCUT2D eigenvalue weighted by Gasteiger charge is -2.00. The number of hydrogen-bond acceptors (Lipinski definition) is 2. The molecule has 0 spiro atoms. The van der Waals surface area contributed by atoms with E-state index in [-0.39, 0.29) is 0 Å². The molecular formula is C8H10N2. The molecule has 0 saturated carbocycles. The lowest BCUT2D eigenvalue weighted by molar-refractivity contribution is 0.991. The molecule has 2 heteroatoms. The van der Waals surface area contributed by atoms with Crippen LogP contribution in [0.1, 0.15) is 0 Å². The summed E-state index contributed by atoms with van der Waals surface area (Å²) in [4.78, 5) is 0. The second-order valence-electron chi connectivity index (χ2n) is 1.87. The molecule has 1 aromatic carbocycles. The van der Waals surface area contributed by atoms with Crippen LogP contribution in [0.15, 0.2) is 30.3 Å². The number of hydrogen-bond donors (Lipinski definition) is 2. The predicted octanol–water partition coefficient (Wildman–Crippen LogP) is 1.31. The molecule has 0 aromatic heterocycles. The standard InChI is InChI=1S/C8H10N2/c1-9-7-10-8-5-3-2-4-6-8/h2-6,9-10H,1H3. The minimum absolute atomic E-state index is 1.04. The van der Waals surface area contributed by atoms with E-state index in [0.717, 1.165) is 5.69 Å². The molecule has 0 heterocycles. The number of rotatable bonds is 3. The van der Waals surface area contributed by atoms with Gasteiger partial charge in [-0.15, -0.1) is 0 Å². The Bertz CT molecular complexity index is 172. The molecule has 0 saturated heterocycles. The molecule has 0 unspecified atom stereocenters. The maximum Gasteiger partial charge on any atom is 0.171 e. The van der Waals surface area contributed by atoms with E-state index in [1.54, 1.807) is 7.05 Å². The quantitative estimate of drug-likeness (QED) is 0.609. The number of anilines is 1. The largest absolute Gasteiger partial charge is 0.361 e. The predicted molar refractivity (Wildman–Crippen MR) is 42.4 cm³/mol. The van der Waals surface area contributed by atoms with Crippen LogP contribution in [0.5, 0.6) is 0 Å². The highest BCUT2D eigenvalue weighted by molar-refractivity contribution is 5.43. The monoisotopic (exact) mass is 134 g/mol. The van der Waals surface area contributed by atoms with E-state index in [1.807, 2.05) is 30.3 Å². The van der Waals surface area contributed by atoms with Gasteiger partial charge in [0, 0.05) is 5.69 Å². The Labute approximate surface area is 61.3 Å². The zero-order valence-corrected chi connectivity index (χ0v) is 5.89. The summed E-state index contributed by atoms with van der Waals surface area (Å²) in [6, 6.07) is 9.87. The molecule has 0 atom stereocenters. The highest BCUT2D eigenvalue weighted by atomic mass is 15.0. The van der Waals surface area contributed by atoms with Gasteiger partial charge in [-0.2, -0.15) is 0 Å². The fourth-order valence-electron chi connectivity index (χ4n) is 0.656. The summed E-state index contributed by atoms with van der Waals surface area (Å²) in [7, 11) is 1.80. The van der Waals surface area contributed by atoms with Crippen molar-refractivity contribution >= 4 is 5.69 Å². The first-order chi connectivity index (χ1) is 4.93. The van der Waals surface area contributed by atoms with Crippen molar-refractivity contribution in [1.29, 1.82) is 0 Å². The van der Waals surface area contributed by atoms with Crippen LogP contribution in [0.3, 0.4) is 0 Å². The molecule has 2 radical (unpaired) electrons. The summed E-state index contributed by atoms with van der Waals surface area (Å²) in [5.74, 6) is 0. The van der Waals surface area contributed by atoms with Gasteiger partial charge in [0.25, 0.3) is 0 Å². The highest BCUT2D eigenvalue weighted by Gasteiger charge is 1.85. The topological polar surface area (TPSA) is 24.1 Å². The highest BCUT2D eigenvalue weighted by Crippen LogP contribution is 2.03. The smallest absolute Gasteiger partial charge is 0.171 e. The molecule has 2 nitrogen and oxygen atoms in total. The maximum absolute atomic E-state index is 2.93. The summed E-state index contributed by atoms with van der Waals surface area (Å²) in [6.07, 6.45) is 0. The molecule has 0 aliphatic heterocycles. The molecule has 10 heavy (non-hydrogen) atoms. The fourth-order valence-corrected chi connectivity index (χ4v) is 0.656. The third kappa shape index (κ3) is 2.07. The van der Waals surface area contributed by atoms with Crippen LogP contribution in [0.4, 0.5) is 5.69 Å². The zero-order chi connectivity index (χ0) is 7.23. The third-order valence-electron chi connectivity index (χ3n) is 1.11. The van der Waals surface area contributed by atoms with Crippen LogP contribution < -0.4 is 10.6 Å². The molecule has 1 rings (SSSR count). The second-order valence-corrected chi connectivity index (χ2v) is 1.87. The minimum atomic E-state index is 1.04. The Hall–Kier alpha value is -1.02. The van der Waals surface area contributed by atoms with Crippen LogP contribution in [0, 0.1) is 6.67 Å². The SMILES string of the molecule is CN[C]Nc1ccccc1. The Morgan fingerprint density at radius 3 is 2.50 bits per heavy atom. The van der Waals surface area contributed by atoms with Crippen LogP contribution in [0.25, 0.3) is 0 Å². The number of para-hydroxylation sites is 1. The van der Waals surface area contributed by atoms with E-state index in [1.165, 1.54) is 0 Å². The van der Waals surface area contributed by atoms with Crippen molar-refractivity contribution in [3.8, 4) is 0 Å². The average molecular weight is 134 g/mol. The third-order valence-corrected chi connectivity index (χ3v) is 1.11. The van der Waals surface area contributed by atoms with E-state index in [4.69, 9.17) is 0 Å². The average Bonchev–Trinajstić information content (AvgIpc) is 2.03. The van der Waals surface area contributed by atoms with Gasteiger partial charge in [0.2, 0.25) is 0 Å². The first-order valence-corrected chi connectivity index (χ1v) is 3.16. The Kier molecular flexibility index (Phi) is 2.77. The van der Waals surface area contributed by atoms with Gasteiger partial charge < -0.3 is 5.32 Å². The van der Waals surface area contributed by atoms with Crippen LogP contribution in [-0.4, -0.2) is 7.05 Å². The van der Waals surface area contributed by atoms with Crippen molar-refractivity contribution in [2.75, 3.05) is 12.4 Å². The molecule has 0 fully saturated rings. The molecule has 1 aromatic rings. The van der Waals surface area contributed by atoms with Crippen molar-refractivity contribution in [3.63, 3.8) is 0 Å². The fraction of sp³-hybridized carbons (Fsp3) is 0.125. The van der Waals surface area contributed by atoms with Crippen molar-refractivity contribution in [2.45, 2.75) is 0 Å². The van der Waals surface area contributed by atoms with E-state index in [0.29, 0.717) is 0 Å². The first kappa shape index (κ1) is 7.09. The minimum Gasteiger partial charge on any atom is -0.361 e. The molecule has 52 valence electrons. The van der Waals surface area contributed by atoms with Gasteiger partial charge in [0.1, 0.15) is 0 Å². The Morgan fingerprint density at radius 2 is 1.90 bits per heavy atom. The van der Waals surface area contributed by atoms with E-state index in [2.05, 4.69) is 17.3 Å².